The number of rotatable bonds is 11. The van der Waals surface area contributed by atoms with Crippen molar-refractivity contribution in [3.8, 4) is 5.69 Å². The number of ether oxygens (including phenoxy) is 1. The molecule has 2 atom stereocenters. The number of fused-ring (bicyclic) bond motifs is 1. The van der Waals surface area contributed by atoms with Gasteiger partial charge in [-0.3, -0.25) is 4.79 Å². The van der Waals surface area contributed by atoms with Crippen molar-refractivity contribution >= 4 is 11.8 Å². The highest BCUT2D eigenvalue weighted by atomic mass is 16.5. The van der Waals surface area contributed by atoms with Gasteiger partial charge in [0.05, 0.1) is 30.5 Å². The second kappa shape index (κ2) is 12.7. The Balaban J connectivity index is 1.15. The van der Waals surface area contributed by atoms with Crippen LogP contribution in [0.15, 0.2) is 42.5 Å². The van der Waals surface area contributed by atoms with Gasteiger partial charge in [-0.25, -0.2) is 9.67 Å². The van der Waals surface area contributed by atoms with Gasteiger partial charge in [-0.05, 0) is 101 Å². The molecular weight excluding hydrogens is 490 g/mol. The van der Waals surface area contributed by atoms with E-state index in [0.29, 0.717) is 6.61 Å². The summed E-state index contributed by atoms with van der Waals surface area (Å²) in [6.07, 6.45) is 6.62. The molecule has 8 nitrogen and oxygen atoms in total. The highest BCUT2D eigenvalue weighted by molar-refractivity contribution is 5.68. The van der Waals surface area contributed by atoms with Crippen molar-refractivity contribution in [1.82, 2.24) is 19.7 Å². The third kappa shape index (κ3) is 7.25. The molecule has 8 heteroatoms. The average Bonchev–Trinajstić information content (AvgIpc) is 3.28. The summed E-state index contributed by atoms with van der Waals surface area (Å²) in [6.45, 7) is 8.42. The van der Waals surface area contributed by atoms with Gasteiger partial charge in [0.15, 0.2) is 0 Å². The molecule has 0 aliphatic carbocycles. The summed E-state index contributed by atoms with van der Waals surface area (Å²) >= 11 is 0. The number of carboxylic acids is 1. The van der Waals surface area contributed by atoms with Crippen molar-refractivity contribution in [3.05, 3.63) is 70.7 Å². The number of aromatic nitrogens is 3. The van der Waals surface area contributed by atoms with Crippen molar-refractivity contribution in [1.29, 1.82) is 0 Å². The Hall–Kier alpha value is -3.23. The van der Waals surface area contributed by atoms with Crippen LogP contribution < -0.4 is 5.32 Å². The van der Waals surface area contributed by atoms with Crippen LogP contribution in [0.2, 0.25) is 0 Å². The zero-order chi connectivity index (χ0) is 27.2. The number of aliphatic carboxylic acids is 1. The van der Waals surface area contributed by atoms with E-state index in [1.54, 1.807) is 0 Å². The lowest BCUT2D eigenvalue weighted by Crippen LogP contribution is -2.40. The lowest BCUT2D eigenvalue weighted by atomic mass is 9.96. The molecule has 208 valence electrons. The molecule has 2 aromatic heterocycles. The molecule has 2 N–H and O–H groups in total. The van der Waals surface area contributed by atoms with E-state index in [0.717, 1.165) is 92.4 Å². The summed E-state index contributed by atoms with van der Waals surface area (Å²) in [6, 6.07) is 14.5. The fourth-order valence-electron chi connectivity index (χ4n) is 5.88. The number of nitrogens with zero attached hydrogens (tertiary/aromatic N) is 4. The van der Waals surface area contributed by atoms with Gasteiger partial charge in [0, 0.05) is 30.4 Å². The number of hydrogen-bond acceptors (Lipinski definition) is 6. The average molecular weight is 532 g/mol. The van der Waals surface area contributed by atoms with E-state index in [9.17, 15) is 9.90 Å². The van der Waals surface area contributed by atoms with Crippen LogP contribution in [0.3, 0.4) is 0 Å². The number of likely N-dealkylation sites (tertiary alicyclic amines) is 1. The first kappa shape index (κ1) is 27.3. The quantitative estimate of drug-likeness (QED) is 0.363. The van der Waals surface area contributed by atoms with Crippen LogP contribution in [-0.4, -0.2) is 69.6 Å². The van der Waals surface area contributed by atoms with E-state index in [2.05, 4.69) is 27.4 Å². The van der Waals surface area contributed by atoms with Crippen LogP contribution in [0.5, 0.6) is 0 Å². The summed E-state index contributed by atoms with van der Waals surface area (Å²) in [5.41, 5.74) is 6.43. The molecule has 3 aromatic rings. The third-order valence-corrected chi connectivity index (χ3v) is 7.87. The Morgan fingerprint density at radius 3 is 2.92 bits per heavy atom. The Kier molecular flexibility index (Phi) is 8.94. The summed E-state index contributed by atoms with van der Waals surface area (Å²) in [5.74, 6) is 0.0522. The van der Waals surface area contributed by atoms with E-state index in [4.69, 9.17) is 9.72 Å². The Labute approximate surface area is 231 Å². The lowest BCUT2D eigenvalue weighted by molar-refractivity contribution is -0.138. The molecule has 1 fully saturated rings. The summed E-state index contributed by atoms with van der Waals surface area (Å²) < 4.78 is 8.29. The molecule has 4 heterocycles. The van der Waals surface area contributed by atoms with Gasteiger partial charge in [0.2, 0.25) is 0 Å². The van der Waals surface area contributed by atoms with E-state index in [1.165, 1.54) is 12.0 Å². The van der Waals surface area contributed by atoms with Gasteiger partial charge in [0.1, 0.15) is 5.82 Å². The molecule has 1 saturated heterocycles. The van der Waals surface area contributed by atoms with Gasteiger partial charge in [-0.2, -0.15) is 5.10 Å². The van der Waals surface area contributed by atoms with Crippen LogP contribution >= 0.6 is 0 Å². The third-order valence-electron chi connectivity index (χ3n) is 7.87. The maximum absolute atomic E-state index is 11.7. The number of pyridine rings is 1. The van der Waals surface area contributed by atoms with Gasteiger partial charge >= 0.3 is 5.97 Å². The van der Waals surface area contributed by atoms with Gasteiger partial charge in [0.25, 0.3) is 0 Å². The van der Waals surface area contributed by atoms with E-state index in [1.807, 2.05) is 48.9 Å². The summed E-state index contributed by atoms with van der Waals surface area (Å²) in [7, 11) is 0. The van der Waals surface area contributed by atoms with Crippen molar-refractivity contribution in [2.24, 2.45) is 0 Å². The van der Waals surface area contributed by atoms with Crippen LogP contribution in [0, 0.1) is 13.8 Å². The minimum absolute atomic E-state index is 0.0413. The van der Waals surface area contributed by atoms with Gasteiger partial charge < -0.3 is 20.1 Å². The number of hydrogen-bond donors (Lipinski definition) is 2. The number of benzene rings is 1. The molecule has 0 bridgehead atoms. The lowest BCUT2D eigenvalue weighted by Gasteiger charge is -2.33. The van der Waals surface area contributed by atoms with Crippen LogP contribution in [0.4, 0.5) is 5.82 Å². The predicted octanol–water partition coefficient (Wildman–Crippen LogP) is 4.91. The Bertz CT molecular complexity index is 1270. The first-order chi connectivity index (χ1) is 18.9. The highest BCUT2D eigenvalue weighted by Crippen LogP contribution is 2.26. The van der Waals surface area contributed by atoms with Crippen molar-refractivity contribution in [2.45, 2.75) is 70.8 Å². The molecule has 1 aromatic carbocycles. The fraction of sp³-hybridized carbons (Fsp3) is 0.516. The molecule has 0 amide bonds. The standard InChI is InChI=1S/C31H41N5O3/c1-22-17-23(2)36(34-22)28-10-3-7-25(18-28)26(19-30(37)38)21-39-29-11-6-16-35(20-29)15-5-9-27-13-12-24-8-4-14-32-31(24)33-27/h3,7,10,12-13,17-18,26,29H,4-6,8-9,11,14-16,19-21H2,1-2H3,(H,32,33)(H,37,38)/t26-,29+/m0/s1. The normalized spacial score (nSPS) is 18.4. The molecule has 0 radical (unpaired) electrons. The number of piperidine rings is 1. The fourth-order valence-corrected chi connectivity index (χ4v) is 5.88. The first-order valence-corrected chi connectivity index (χ1v) is 14.4. The van der Waals surface area contributed by atoms with Crippen LogP contribution in [0.1, 0.15) is 66.2 Å². The number of carbonyl (C=O) groups is 1. The molecular formula is C31H41N5O3. The molecule has 2 aliphatic heterocycles. The topological polar surface area (TPSA) is 92.5 Å². The van der Waals surface area contributed by atoms with E-state index >= 15 is 0 Å². The zero-order valence-corrected chi connectivity index (χ0v) is 23.2. The van der Waals surface area contributed by atoms with Gasteiger partial charge in [-0.15, -0.1) is 0 Å². The van der Waals surface area contributed by atoms with Crippen molar-refractivity contribution in [2.75, 3.05) is 38.1 Å². The second-order valence-corrected chi connectivity index (χ2v) is 11.1. The zero-order valence-electron chi connectivity index (χ0n) is 23.2. The molecule has 0 saturated carbocycles. The minimum atomic E-state index is -0.809. The number of anilines is 1. The predicted molar refractivity (Wildman–Crippen MR) is 153 cm³/mol. The smallest absolute Gasteiger partial charge is 0.304 e. The summed E-state index contributed by atoms with van der Waals surface area (Å²) in [4.78, 5) is 19.0. The minimum Gasteiger partial charge on any atom is -0.481 e. The number of carboxylic acid groups (broad SMARTS) is 1. The number of aryl methyl sites for hydroxylation is 4. The maximum Gasteiger partial charge on any atom is 0.304 e. The molecule has 0 spiro atoms. The molecule has 0 unspecified atom stereocenters. The van der Waals surface area contributed by atoms with Gasteiger partial charge in [-0.1, -0.05) is 18.2 Å². The highest BCUT2D eigenvalue weighted by Gasteiger charge is 2.24. The van der Waals surface area contributed by atoms with Crippen molar-refractivity contribution < 1.29 is 14.6 Å². The molecule has 5 rings (SSSR count). The Morgan fingerprint density at radius 1 is 1.21 bits per heavy atom. The second-order valence-electron chi connectivity index (χ2n) is 11.1. The molecule has 39 heavy (non-hydrogen) atoms. The van der Waals surface area contributed by atoms with E-state index < -0.39 is 5.97 Å². The molecule has 2 aliphatic rings. The van der Waals surface area contributed by atoms with Crippen molar-refractivity contribution in [3.63, 3.8) is 0 Å². The Morgan fingerprint density at radius 2 is 2.10 bits per heavy atom. The SMILES string of the molecule is Cc1cc(C)n(-c2cccc([C@H](CO[C@@H]3CCCN(CCCc4ccc5c(n4)NCCC5)C3)CC(=O)O)c2)n1. The van der Waals surface area contributed by atoms with E-state index in [-0.39, 0.29) is 18.4 Å². The van der Waals surface area contributed by atoms with Crippen LogP contribution in [-0.2, 0) is 22.4 Å². The number of nitrogens with one attached hydrogen (secondary N) is 1. The van der Waals surface area contributed by atoms with Crippen LogP contribution in [0.25, 0.3) is 5.69 Å². The monoisotopic (exact) mass is 531 g/mol. The first-order valence-electron chi connectivity index (χ1n) is 14.4. The largest absolute Gasteiger partial charge is 0.481 e. The maximum atomic E-state index is 11.7. The summed E-state index contributed by atoms with van der Waals surface area (Å²) in [5, 5.41) is 17.6.